The van der Waals surface area contributed by atoms with Crippen LogP contribution in [0.2, 0.25) is 0 Å². The number of halogens is 2. The molecule has 6 heteroatoms. The van der Waals surface area contributed by atoms with E-state index in [9.17, 15) is 4.79 Å². The average molecular weight is 363 g/mol. The van der Waals surface area contributed by atoms with Crippen LogP contribution < -0.4 is 11.1 Å². The summed E-state index contributed by atoms with van der Waals surface area (Å²) >= 11 is 3.26. The quantitative estimate of drug-likeness (QED) is 0.810. The lowest BCUT2D eigenvalue weighted by Gasteiger charge is -2.29. The van der Waals surface area contributed by atoms with E-state index in [1.807, 2.05) is 6.07 Å². The maximum Gasteiger partial charge on any atom is 0.241 e. The highest BCUT2D eigenvalue weighted by Gasteiger charge is 2.28. The van der Waals surface area contributed by atoms with E-state index >= 15 is 0 Å². The predicted octanol–water partition coefficient (Wildman–Crippen LogP) is 3.36. The summed E-state index contributed by atoms with van der Waals surface area (Å²) in [6, 6.07) is 3.18. The zero-order chi connectivity index (χ0) is 13.8. The van der Waals surface area contributed by atoms with Crippen molar-refractivity contribution >= 4 is 39.9 Å². The minimum Gasteiger partial charge on any atom is -0.323 e. The van der Waals surface area contributed by atoms with Crippen LogP contribution in [0.25, 0.3) is 0 Å². The first-order valence-electron chi connectivity index (χ1n) is 6.74. The maximum absolute atomic E-state index is 12.1. The molecule has 1 amide bonds. The van der Waals surface area contributed by atoms with Crippen molar-refractivity contribution in [3.8, 4) is 0 Å². The molecule has 0 aliphatic heterocycles. The van der Waals surface area contributed by atoms with Crippen LogP contribution in [-0.4, -0.2) is 16.9 Å². The Bertz CT molecular complexity index is 433. The molecule has 20 heavy (non-hydrogen) atoms. The molecule has 112 valence electrons. The van der Waals surface area contributed by atoms with Gasteiger partial charge in [-0.15, -0.1) is 12.4 Å². The summed E-state index contributed by atoms with van der Waals surface area (Å²) in [4.78, 5) is 16.2. The molecule has 4 nitrogen and oxygen atoms in total. The van der Waals surface area contributed by atoms with Gasteiger partial charge < -0.3 is 11.1 Å². The number of carbonyl (C=O) groups is 1. The minimum absolute atomic E-state index is 0. The Hall–Kier alpha value is -0.650. The predicted molar refractivity (Wildman–Crippen MR) is 86.9 cm³/mol. The molecule has 0 aromatic carbocycles. The Morgan fingerprint density at radius 1 is 1.40 bits per heavy atom. The van der Waals surface area contributed by atoms with Crippen LogP contribution in [0, 0.1) is 11.8 Å². The number of hydrogen-bond acceptors (Lipinski definition) is 3. The van der Waals surface area contributed by atoms with Crippen LogP contribution in [0.4, 0.5) is 5.69 Å². The first kappa shape index (κ1) is 17.4. The summed E-state index contributed by atoms with van der Waals surface area (Å²) in [7, 11) is 0. The Morgan fingerprint density at radius 2 is 2.05 bits per heavy atom. The number of rotatable bonds is 3. The monoisotopic (exact) mass is 361 g/mol. The van der Waals surface area contributed by atoms with E-state index in [0.29, 0.717) is 11.6 Å². The van der Waals surface area contributed by atoms with Crippen molar-refractivity contribution in [1.82, 2.24) is 4.98 Å². The lowest BCUT2D eigenvalue weighted by Crippen LogP contribution is -2.43. The Morgan fingerprint density at radius 3 is 2.60 bits per heavy atom. The molecule has 2 rings (SSSR count). The number of anilines is 1. The van der Waals surface area contributed by atoms with Gasteiger partial charge in [0.25, 0.3) is 0 Å². The highest BCUT2D eigenvalue weighted by molar-refractivity contribution is 9.10. The zero-order valence-corrected chi connectivity index (χ0v) is 13.9. The summed E-state index contributed by atoms with van der Waals surface area (Å²) in [6.45, 7) is 2.26. The van der Waals surface area contributed by atoms with Crippen LogP contribution in [0.5, 0.6) is 0 Å². The molecule has 1 fully saturated rings. The second-order valence-corrected chi connectivity index (χ2v) is 6.22. The number of nitrogens with one attached hydrogen (secondary N) is 1. The Balaban J connectivity index is 0.00000200. The normalized spacial score (nSPS) is 23.6. The van der Waals surface area contributed by atoms with Crippen molar-refractivity contribution < 1.29 is 4.79 Å². The first-order chi connectivity index (χ1) is 9.06. The van der Waals surface area contributed by atoms with Crippen molar-refractivity contribution in [3.05, 3.63) is 22.9 Å². The molecular formula is C14H21BrClN3O. The Kier molecular flexibility index (Phi) is 6.92. The fraction of sp³-hybridized carbons (Fsp3) is 0.571. The van der Waals surface area contributed by atoms with Crippen molar-refractivity contribution in [2.45, 2.75) is 38.6 Å². The van der Waals surface area contributed by atoms with Gasteiger partial charge in [-0.3, -0.25) is 4.79 Å². The van der Waals surface area contributed by atoms with Crippen LogP contribution in [0.15, 0.2) is 22.9 Å². The van der Waals surface area contributed by atoms with Crippen LogP contribution in [-0.2, 0) is 4.79 Å². The van der Waals surface area contributed by atoms with Crippen LogP contribution >= 0.6 is 28.3 Å². The minimum atomic E-state index is -0.420. The topological polar surface area (TPSA) is 68.0 Å². The third-order valence-corrected chi connectivity index (χ3v) is 4.34. The molecule has 1 aromatic heterocycles. The van der Waals surface area contributed by atoms with Crippen molar-refractivity contribution in [2.24, 2.45) is 17.6 Å². The number of aromatic nitrogens is 1. The second-order valence-electron chi connectivity index (χ2n) is 5.40. The smallest absolute Gasteiger partial charge is 0.241 e. The van der Waals surface area contributed by atoms with E-state index in [-0.39, 0.29) is 18.3 Å². The fourth-order valence-electron chi connectivity index (χ4n) is 2.53. The molecule has 1 heterocycles. The summed E-state index contributed by atoms with van der Waals surface area (Å²) in [5.74, 6) is 0.963. The van der Waals surface area contributed by atoms with Gasteiger partial charge in [-0.2, -0.15) is 0 Å². The van der Waals surface area contributed by atoms with E-state index in [1.165, 1.54) is 12.8 Å². The second kappa shape index (κ2) is 7.96. The van der Waals surface area contributed by atoms with E-state index < -0.39 is 6.04 Å². The van der Waals surface area contributed by atoms with E-state index in [0.717, 1.165) is 23.4 Å². The molecule has 0 unspecified atom stereocenters. The van der Waals surface area contributed by atoms with Gasteiger partial charge in [0, 0.05) is 0 Å². The van der Waals surface area contributed by atoms with E-state index in [4.69, 9.17) is 5.73 Å². The fourth-order valence-corrected chi connectivity index (χ4v) is 2.77. The third-order valence-electron chi connectivity index (χ3n) is 3.87. The number of nitrogens with two attached hydrogens (primary N) is 1. The molecule has 1 aromatic rings. The molecule has 0 spiro atoms. The summed E-state index contributed by atoms with van der Waals surface area (Å²) in [5, 5.41) is 2.83. The van der Waals surface area contributed by atoms with Gasteiger partial charge >= 0.3 is 0 Å². The van der Waals surface area contributed by atoms with Gasteiger partial charge in [-0.1, -0.05) is 19.8 Å². The molecule has 1 aliphatic carbocycles. The van der Waals surface area contributed by atoms with Crippen molar-refractivity contribution in [3.63, 3.8) is 0 Å². The zero-order valence-electron chi connectivity index (χ0n) is 11.5. The molecule has 0 bridgehead atoms. The summed E-state index contributed by atoms with van der Waals surface area (Å²) < 4.78 is 0.746. The molecular weight excluding hydrogens is 342 g/mol. The van der Waals surface area contributed by atoms with E-state index in [2.05, 4.69) is 33.2 Å². The number of nitrogens with zero attached hydrogens (tertiary/aromatic N) is 1. The molecule has 1 atom stereocenters. The molecule has 3 N–H and O–H groups in total. The van der Waals surface area contributed by atoms with Gasteiger partial charge in [0.1, 0.15) is 4.60 Å². The van der Waals surface area contributed by atoms with E-state index in [1.54, 1.807) is 12.3 Å². The van der Waals surface area contributed by atoms with Gasteiger partial charge in [-0.25, -0.2) is 4.98 Å². The molecule has 1 aliphatic rings. The first-order valence-corrected chi connectivity index (χ1v) is 7.53. The highest BCUT2D eigenvalue weighted by Crippen LogP contribution is 2.30. The number of carbonyl (C=O) groups excluding carboxylic acids is 1. The summed E-state index contributed by atoms with van der Waals surface area (Å²) in [6.07, 6.45) is 6.07. The molecule has 0 saturated heterocycles. The lowest BCUT2D eigenvalue weighted by atomic mass is 9.79. The largest absolute Gasteiger partial charge is 0.323 e. The number of hydrogen-bond donors (Lipinski definition) is 2. The third kappa shape index (κ3) is 4.72. The standard InChI is InChI=1S/C14H20BrN3O.ClH/c1-9-2-4-10(5-3-9)13(16)14(19)18-11-6-7-12(15)17-8-11;/h6-10,13H,2-5,16H2,1H3,(H,18,19);1H/t9?,10?,13-;/m0./s1. The molecule has 0 radical (unpaired) electrons. The number of amides is 1. The van der Waals surface area contributed by atoms with Gasteiger partial charge in [0.05, 0.1) is 17.9 Å². The maximum atomic E-state index is 12.1. The van der Waals surface area contributed by atoms with Crippen molar-refractivity contribution in [2.75, 3.05) is 5.32 Å². The SMILES string of the molecule is CC1CCC([C@H](N)C(=O)Nc2ccc(Br)nc2)CC1.Cl. The van der Waals surface area contributed by atoms with Crippen LogP contribution in [0.1, 0.15) is 32.6 Å². The van der Waals surface area contributed by atoms with Gasteiger partial charge in [0.2, 0.25) is 5.91 Å². The molecule has 1 saturated carbocycles. The average Bonchev–Trinajstić information content (AvgIpc) is 2.41. The number of pyridine rings is 1. The Labute approximate surface area is 134 Å². The summed E-state index contributed by atoms with van der Waals surface area (Å²) in [5.41, 5.74) is 6.76. The van der Waals surface area contributed by atoms with Gasteiger partial charge in [0.15, 0.2) is 0 Å². The van der Waals surface area contributed by atoms with Crippen LogP contribution in [0.3, 0.4) is 0 Å². The highest BCUT2D eigenvalue weighted by atomic mass is 79.9. The lowest BCUT2D eigenvalue weighted by molar-refractivity contribution is -0.118. The van der Waals surface area contributed by atoms with Gasteiger partial charge in [-0.05, 0) is 52.7 Å². The van der Waals surface area contributed by atoms with Crippen molar-refractivity contribution in [1.29, 1.82) is 0 Å².